The van der Waals surface area contributed by atoms with Crippen molar-refractivity contribution in [2.24, 2.45) is 11.7 Å². The Hall–Kier alpha value is -1.95. The van der Waals surface area contributed by atoms with E-state index in [1.165, 1.54) is 6.20 Å². The van der Waals surface area contributed by atoms with Crippen molar-refractivity contribution in [2.75, 3.05) is 5.32 Å². The molecule has 4 N–H and O–H groups in total. The second-order valence-electron chi connectivity index (χ2n) is 5.92. The van der Waals surface area contributed by atoms with Crippen molar-refractivity contribution in [1.82, 2.24) is 4.98 Å². The molecule has 21 heavy (non-hydrogen) atoms. The topological polar surface area (TPSA) is 105 Å². The van der Waals surface area contributed by atoms with Crippen molar-refractivity contribution in [1.29, 1.82) is 0 Å². The number of aromatic nitrogens is 1. The predicted molar refractivity (Wildman–Crippen MR) is 78.8 cm³/mol. The van der Waals surface area contributed by atoms with Crippen LogP contribution in [0.3, 0.4) is 0 Å². The highest BCUT2D eigenvalue weighted by Crippen LogP contribution is 2.31. The van der Waals surface area contributed by atoms with Gasteiger partial charge in [-0.15, -0.1) is 0 Å². The first-order valence-electron chi connectivity index (χ1n) is 7.16. The zero-order valence-corrected chi connectivity index (χ0v) is 12.1. The molecule has 114 valence electrons. The highest BCUT2D eigenvalue weighted by atomic mass is 16.4. The average Bonchev–Trinajstić information content (AvgIpc) is 2.40. The average molecular weight is 291 g/mol. The van der Waals surface area contributed by atoms with Crippen molar-refractivity contribution in [3.05, 3.63) is 24.0 Å². The van der Waals surface area contributed by atoms with Crippen molar-refractivity contribution >= 4 is 17.6 Å². The molecule has 0 aromatic carbocycles. The number of carbonyl (C=O) groups is 2. The van der Waals surface area contributed by atoms with Gasteiger partial charge in [0.25, 0.3) is 0 Å². The van der Waals surface area contributed by atoms with Crippen LogP contribution in [0.5, 0.6) is 0 Å². The minimum absolute atomic E-state index is 0.132. The SMILES string of the molecule is CC1CCCC(N)(C(=O)Nc2ccc(CC(=O)O)nc2)C1. The molecule has 6 nitrogen and oxygen atoms in total. The molecule has 1 saturated carbocycles. The molecule has 0 aliphatic heterocycles. The molecule has 2 unspecified atom stereocenters. The predicted octanol–water partition coefficient (Wildman–Crippen LogP) is 1.55. The van der Waals surface area contributed by atoms with Gasteiger partial charge in [-0.2, -0.15) is 0 Å². The first kappa shape index (κ1) is 15.4. The van der Waals surface area contributed by atoms with Gasteiger partial charge in [-0.3, -0.25) is 14.6 Å². The summed E-state index contributed by atoms with van der Waals surface area (Å²) >= 11 is 0. The molecule has 0 spiro atoms. The number of hydrogen-bond acceptors (Lipinski definition) is 4. The molecular weight excluding hydrogens is 270 g/mol. The number of carbonyl (C=O) groups excluding carboxylic acids is 1. The minimum atomic E-state index is -0.934. The van der Waals surface area contributed by atoms with Gasteiger partial charge < -0.3 is 16.2 Å². The molecule has 0 radical (unpaired) electrons. The summed E-state index contributed by atoms with van der Waals surface area (Å²) in [5.74, 6) is -0.677. The van der Waals surface area contributed by atoms with Crippen LogP contribution in [0, 0.1) is 5.92 Å². The molecule has 2 atom stereocenters. The Kier molecular flexibility index (Phi) is 4.57. The van der Waals surface area contributed by atoms with Crippen LogP contribution in [-0.2, 0) is 16.0 Å². The molecular formula is C15H21N3O3. The number of amides is 1. The first-order valence-corrected chi connectivity index (χ1v) is 7.16. The number of rotatable bonds is 4. The number of hydrogen-bond donors (Lipinski definition) is 3. The zero-order valence-electron chi connectivity index (χ0n) is 12.1. The van der Waals surface area contributed by atoms with Gasteiger partial charge >= 0.3 is 5.97 Å². The summed E-state index contributed by atoms with van der Waals surface area (Å²) in [5, 5.41) is 11.5. The van der Waals surface area contributed by atoms with Gasteiger partial charge in [0.2, 0.25) is 5.91 Å². The molecule has 1 heterocycles. The zero-order chi connectivity index (χ0) is 15.5. The molecule has 6 heteroatoms. The Morgan fingerprint density at radius 3 is 2.86 bits per heavy atom. The summed E-state index contributed by atoms with van der Waals surface area (Å²) in [4.78, 5) is 26.9. The maximum Gasteiger partial charge on any atom is 0.309 e. The molecule has 1 aromatic rings. The van der Waals surface area contributed by atoms with Crippen LogP contribution in [0.15, 0.2) is 18.3 Å². The van der Waals surface area contributed by atoms with Crippen LogP contribution < -0.4 is 11.1 Å². The van der Waals surface area contributed by atoms with Gasteiger partial charge in [-0.25, -0.2) is 0 Å². The summed E-state index contributed by atoms with van der Waals surface area (Å²) in [6.45, 7) is 2.11. The summed E-state index contributed by atoms with van der Waals surface area (Å²) in [7, 11) is 0. The second kappa shape index (κ2) is 6.22. The van der Waals surface area contributed by atoms with Gasteiger partial charge in [-0.05, 0) is 30.9 Å². The van der Waals surface area contributed by atoms with Gasteiger partial charge in [0.15, 0.2) is 0 Å². The lowest BCUT2D eigenvalue weighted by atomic mass is 9.76. The smallest absolute Gasteiger partial charge is 0.309 e. The second-order valence-corrected chi connectivity index (χ2v) is 5.92. The molecule has 1 aromatic heterocycles. The number of carboxylic acids is 1. The number of carboxylic acid groups (broad SMARTS) is 1. The number of pyridine rings is 1. The van der Waals surface area contributed by atoms with E-state index >= 15 is 0 Å². The Balaban J connectivity index is 2.00. The fraction of sp³-hybridized carbons (Fsp3) is 0.533. The maximum atomic E-state index is 12.3. The number of anilines is 1. The normalized spacial score (nSPS) is 25.3. The van der Waals surface area contributed by atoms with Crippen molar-refractivity contribution in [2.45, 2.75) is 44.6 Å². The molecule has 1 aliphatic rings. The molecule has 1 fully saturated rings. The monoisotopic (exact) mass is 291 g/mol. The van der Waals surface area contributed by atoms with Gasteiger partial charge in [-0.1, -0.05) is 19.8 Å². The van der Waals surface area contributed by atoms with E-state index in [-0.39, 0.29) is 12.3 Å². The minimum Gasteiger partial charge on any atom is -0.481 e. The van der Waals surface area contributed by atoms with E-state index < -0.39 is 11.5 Å². The number of nitrogens with one attached hydrogen (secondary N) is 1. The van der Waals surface area contributed by atoms with Crippen LogP contribution in [0.4, 0.5) is 5.69 Å². The van der Waals surface area contributed by atoms with E-state index in [9.17, 15) is 9.59 Å². The summed E-state index contributed by atoms with van der Waals surface area (Å²) < 4.78 is 0. The first-order chi connectivity index (χ1) is 9.89. The lowest BCUT2D eigenvalue weighted by molar-refractivity contribution is -0.136. The fourth-order valence-electron chi connectivity index (χ4n) is 2.81. The van der Waals surface area contributed by atoms with E-state index in [0.717, 1.165) is 12.8 Å². The van der Waals surface area contributed by atoms with Crippen LogP contribution in [-0.4, -0.2) is 27.5 Å². The van der Waals surface area contributed by atoms with Crippen molar-refractivity contribution in [3.63, 3.8) is 0 Å². The van der Waals surface area contributed by atoms with E-state index in [1.807, 2.05) is 0 Å². The highest BCUT2D eigenvalue weighted by molar-refractivity contribution is 5.97. The highest BCUT2D eigenvalue weighted by Gasteiger charge is 2.37. The van der Waals surface area contributed by atoms with E-state index in [0.29, 0.717) is 30.1 Å². The van der Waals surface area contributed by atoms with Crippen LogP contribution >= 0.6 is 0 Å². The lowest BCUT2D eigenvalue weighted by Gasteiger charge is -2.35. The van der Waals surface area contributed by atoms with Crippen LogP contribution in [0.25, 0.3) is 0 Å². The van der Waals surface area contributed by atoms with E-state index in [2.05, 4.69) is 17.2 Å². The largest absolute Gasteiger partial charge is 0.481 e. The standard InChI is InChI=1S/C15H21N3O3/c1-10-3-2-6-15(16,8-10)14(21)18-12-5-4-11(17-9-12)7-13(19)20/h4-5,9-10H,2-3,6-8,16H2,1H3,(H,18,21)(H,19,20). The Bertz CT molecular complexity index is 529. The van der Waals surface area contributed by atoms with Crippen molar-refractivity contribution in [3.8, 4) is 0 Å². The van der Waals surface area contributed by atoms with E-state index in [4.69, 9.17) is 10.8 Å². The third-order valence-electron chi connectivity index (χ3n) is 3.90. The molecule has 1 aliphatic carbocycles. The van der Waals surface area contributed by atoms with Gasteiger partial charge in [0.05, 0.1) is 29.5 Å². The quantitative estimate of drug-likeness (QED) is 0.780. The Morgan fingerprint density at radius 1 is 1.52 bits per heavy atom. The third-order valence-corrected chi connectivity index (χ3v) is 3.90. The van der Waals surface area contributed by atoms with E-state index in [1.54, 1.807) is 12.1 Å². The molecule has 0 saturated heterocycles. The summed E-state index contributed by atoms with van der Waals surface area (Å²) in [6.07, 6.45) is 4.77. The Labute approximate surface area is 123 Å². The Morgan fingerprint density at radius 2 is 2.29 bits per heavy atom. The van der Waals surface area contributed by atoms with Gasteiger partial charge in [0, 0.05) is 0 Å². The molecule has 0 bridgehead atoms. The summed E-state index contributed by atoms with van der Waals surface area (Å²) in [6, 6.07) is 3.25. The fourth-order valence-corrected chi connectivity index (χ4v) is 2.81. The number of aliphatic carboxylic acids is 1. The van der Waals surface area contributed by atoms with Gasteiger partial charge in [0.1, 0.15) is 0 Å². The third kappa shape index (κ3) is 4.01. The molecule has 1 amide bonds. The lowest BCUT2D eigenvalue weighted by Crippen LogP contribution is -2.53. The number of nitrogens with two attached hydrogens (primary N) is 1. The van der Waals surface area contributed by atoms with Crippen LogP contribution in [0.2, 0.25) is 0 Å². The van der Waals surface area contributed by atoms with Crippen LogP contribution in [0.1, 0.15) is 38.3 Å². The van der Waals surface area contributed by atoms with Crippen molar-refractivity contribution < 1.29 is 14.7 Å². The maximum absolute atomic E-state index is 12.3. The number of nitrogens with zero attached hydrogens (tertiary/aromatic N) is 1. The molecule has 2 rings (SSSR count). The summed E-state index contributed by atoms with van der Waals surface area (Å²) in [5.41, 5.74) is 6.40.